The van der Waals surface area contributed by atoms with E-state index in [0.717, 1.165) is 5.56 Å². The van der Waals surface area contributed by atoms with Gasteiger partial charge in [-0.25, -0.2) is 0 Å². The van der Waals surface area contributed by atoms with Crippen molar-refractivity contribution in [3.63, 3.8) is 0 Å². The average molecular weight is 296 g/mol. The number of carbonyl (C=O) groups is 1. The lowest BCUT2D eigenvalue weighted by Gasteiger charge is -2.05. The molecule has 76 valence electrons. The molecule has 0 bridgehead atoms. The highest BCUT2D eigenvalue weighted by Crippen LogP contribution is 2.21. The molecule has 0 heterocycles. The summed E-state index contributed by atoms with van der Waals surface area (Å²) < 4.78 is 0. The number of Topliss-reactive ketones (excluding diaryl/α,β-unsaturated/α-hetero) is 1. The van der Waals surface area contributed by atoms with E-state index in [1.165, 1.54) is 0 Å². The first kappa shape index (κ1) is 12.0. The molecule has 0 amide bonds. The molecule has 0 aliphatic carbocycles. The molecule has 0 aliphatic heterocycles. The standard InChI is InChI=1S/C10H9BrCl2O/c1-6(12)10(14)7-2-3-9(13)8(4-7)5-11/h2-4,6H,5H2,1H3. The largest absolute Gasteiger partial charge is 0.293 e. The number of benzene rings is 1. The molecule has 1 unspecified atom stereocenters. The number of carbonyl (C=O) groups excluding carboxylic acids is 1. The number of rotatable bonds is 3. The van der Waals surface area contributed by atoms with Crippen LogP contribution in [0.25, 0.3) is 0 Å². The summed E-state index contributed by atoms with van der Waals surface area (Å²) in [7, 11) is 0. The Bertz CT molecular complexity index is 350. The van der Waals surface area contributed by atoms with Gasteiger partial charge in [-0.1, -0.05) is 27.5 Å². The van der Waals surface area contributed by atoms with Crippen LogP contribution in [0.1, 0.15) is 22.8 Å². The van der Waals surface area contributed by atoms with Crippen molar-refractivity contribution in [2.75, 3.05) is 0 Å². The zero-order chi connectivity index (χ0) is 10.7. The van der Waals surface area contributed by atoms with E-state index < -0.39 is 5.38 Å². The molecule has 1 nitrogen and oxygen atoms in total. The van der Waals surface area contributed by atoms with Crippen LogP contribution in [0, 0.1) is 0 Å². The number of ketones is 1. The van der Waals surface area contributed by atoms with Gasteiger partial charge in [0.25, 0.3) is 0 Å². The van der Waals surface area contributed by atoms with E-state index in [2.05, 4.69) is 15.9 Å². The lowest BCUT2D eigenvalue weighted by molar-refractivity contribution is 0.0991. The summed E-state index contributed by atoms with van der Waals surface area (Å²) in [5.41, 5.74) is 1.50. The van der Waals surface area contributed by atoms with E-state index in [1.807, 2.05) is 0 Å². The van der Waals surface area contributed by atoms with E-state index >= 15 is 0 Å². The third kappa shape index (κ3) is 2.72. The molecule has 0 aliphatic rings. The molecule has 0 saturated carbocycles. The molecule has 0 fully saturated rings. The fraction of sp³-hybridized carbons (Fsp3) is 0.300. The Hall–Kier alpha value is -0.0500. The summed E-state index contributed by atoms with van der Waals surface area (Å²) in [6.45, 7) is 1.66. The molecule has 1 aromatic carbocycles. The van der Waals surface area contributed by atoms with Crippen molar-refractivity contribution in [1.82, 2.24) is 0 Å². The lowest BCUT2D eigenvalue weighted by atomic mass is 10.1. The van der Waals surface area contributed by atoms with Crippen LogP contribution in [-0.2, 0) is 5.33 Å². The van der Waals surface area contributed by atoms with Gasteiger partial charge >= 0.3 is 0 Å². The Morgan fingerprint density at radius 3 is 2.71 bits per heavy atom. The maximum absolute atomic E-state index is 11.5. The Balaban J connectivity index is 3.06. The van der Waals surface area contributed by atoms with Crippen LogP contribution in [0.3, 0.4) is 0 Å². The Labute approximate surface area is 102 Å². The normalized spacial score (nSPS) is 12.6. The first-order valence-corrected chi connectivity index (χ1v) is 6.02. The van der Waals surface area contributed by atoms with Gasteiger partial charge in [-0.05, 0) is 30.7 Å². The van der Waals surface area contributed by atoms with Crippen molar-refractivity contribution in [3.8, 4) is 0 Å². The van der Waals surface area contributed by atoms with E-state index in [1.54, 1.807) is 25.1 Å². The van der Waals surface area contributed by atoms with Crippen molar-refractivity contribution in [1.29, 1.82) is 0 Å². The van der Waals surface area contributed by atoms with Crippen LogP contribution < -0.4 is 0 Å². The number of hydrogen-bond acceptors (Lipinski definition) is 1. The second kappa shape index (κ2) is 5.15. The first-order valence-electron chi connectivity index (χ1n) is 4.09. The van der Waals surface area contributed by atoms with Crippen molar-refractivity contribution in [2.45, 2.75) is 17.6 Å². The molecular weight excluding hydrogens is 287 g/mol. The predicted molar refractivity (Wildman–Crippen MR) is 63.7 cm³/mol. The zero-order valence-corrected chi connectivity index (χ0v) is 10.7. The van der Waals surface area contributed by atoms with Crippen LogP contribution in [0.2, 0.25) is 5.02 Å². The second-order valence-corrected chi connectivity index (χ2v) is 4.54. The third-order valence-electron chi connectivity index (χ3n) is 1.84. The number of halogens is 3. The maximum atomic E-state index is 11.5. The van der Waals surface area contributed by atoms with Gasteiger partial charge in [-0.15, -0.1) is 11.6 Å². The van der Waals surface area contributed by atoms with E-state index in [9.17, 15) is 4.79 Å². The Morgan fingerprint density at radius 1 is 1.57 bits per heavy atom. The molecule has 0 radical (unpaired) electrons. The van der Waals surface area contributed by atoms with Gasteiger partial charge in [-0.2, -0.15) is 0 Å². The van der Waals surface area contributed by atoms with Gasteiger partial charge in [0.05, 0.1) is 5.38 Å². The van der Waals surface area contributed by atoms with Gasteiger partial charge < -0.3 is 0 Å². The molecule has 4 heteroatoms. The summed E-state index contributed by atoms with van der Waals surface area (Å²) in [6, 6.07) is 5.17. The van der Waals surface area contributed by atoms with Crippen LogP contribution in [0.4, 0.5) is 0 Å². The fourth-order valence-electron chi connectivity index (χ4n) is 1.06. The zero-order valence-electron chi connectivity index (χ0n) is 7.56. The monoisotopic (exact) mass is 294 g/mol. The molecule has 1 aromatic rings. The average Bonchev–Trinajstić information content (AvgIpc) is 2.17. The molecule has 0 spiro atoms. The van der Waals surface area contributed by atoms with Gasteiger partial charge in [0.2, 0.25) is 0 Å². The topological polar surface area (TPSA) is 17.1 Å². The SMILES string of the molecule is CC(Cl)C(=O)c1ccc(Cl)c(CBr)c1. The second-order valence-electron chi connectivity index (χ2n) is 2.92. The number of hydrogen-bond donors (Lipinski definition) is 0. The van der Waals surface area contributed by atoms with Crippen molar-refractivity contribution < 1.29 is 4.79 Å². The minimum atomic E-state index is -0.501. The minimum Gasteiger partial charge on any atom is -0.293 e. The molecule has 0 aromatic heterocycles. The van der Waals surface area contributed by atoms with Gasteiger partial charge in [-0.3, -0.25) is 4.79 Å². The fourth-order valence-corrected chi connectivity index (χ4v) is 2.00. The molecule has 0 N–H and O–H groups in total. The quantitative estimate of drug-likeness (QED) is 0.607. The molecule has 1 atom stereocenters. The summed E-state index contributed by atoms with van der Waals surface area (Å²) >= 11 is 14.9. The van der Waals surface area contributed by atoms with Crippen molar-refractivity contribution >= 4 is 44.9 Å². The smallest absolute Gasteiger partial charge is 0.180 e. The van der Waals surface area contributed by atoms with Gasteiger partial charge in [0.1, 0.15) is 0 Å². The summed E-state index contributed by atoms with van der Waals surface area (Å²) in [5.74, 6) is -0.0782. The highest BCUT2D eigenvalue weighted by molar-refractivity contribution is 9.08. The van der Waals surface area contributed by atoms with E-state index in [4.69, 9.17) is 23.2 Å². The predicted octanol–water partition coefficient (Wildman–Crippen LogP) is 4.04. The van der Waals surface area contributed by atoms with Gasteiger partial charge in [0, 0.05) is 15.9 Å². The lowest BCUT2D eigenvalue weighted by Crippen LogP contribution is -2.10. The van der Waals surface area contributed by atoms with Crippen LogP contribution >= 0.6 is 39.1 Å². The summed E-state index contributed by atoms with van der Waals surface area (Å²) in [6.07, 6.45) is 0. The highest BCUT2D eigenvalue weighted by atomic mass is 79.9. The molecule has 14 heavy (non-hydrogen) atoms. The number of alkyl halides is 2. The summed E-state index contributed by atoms with van der Waals surface area (Å²) in [4.78, 5) is 11.5. The third-order valence-corrected chi connectivity index (χ3v) is 3.01. The van der Waals surface area contributed by atoms with Crippen LogP contribution in [0.15, 0.2) is 18.2 Å². The van der Waals surface area contributed by atoms with Crippen molar-refractivity contribution in [3.05, 3.63) is 34.3 Å². The van der Waals surface area contributed by atoms with E-state index in [-0.39, 0.29) is 5.78 Å². The van der Waals surface area contributed by atoms with Gasteiger partial charge in [0.15, 0.2) is 5.78 Å². The molecule has 1 rings (SSSR count). The molecule has 0 saturated heterocycles. The van der Waals surface area contributed by atoms with Crippen LogP contribution in [0.5, 0.6) is 0 Å². The highest BCUT2D eigenvalue weighted by Gasteiger charge is 2.13. The maximum Gasteiger partial charge on any atom is 0.180 e. The van der Waals surface area contributed by atoms with Crippen molar-refractivity contribution in [2.24, 2.45) is 0 Å². The summed E-state index contributed by atoms with van der Waals surface area (Å²) in [5, 5.41) is 0.781. The van der Waals surface area contributed by atoms with E-state index in [0.29, 0.717) is 15.9 Å². The molecular formula is C10H9BrCl2O. The Kier molecular flexibility index (Phi) is 4.42. The first-order chi connectivity index (χ1) is 6.56. The Morgan fingerprint density at radius 2 is 2.21 bits per heavy atom. The minimum absolute atomic E-state index is 0.0782. The van der Waals surface area contributed by atoms with Crippen LogP contribution in [-0.4, -0.2) is 11.2 Å².